The third-order valence-electron chi connectivity index (χ3n) is 3.26. The minimum Gasteiger partial charge on any atom is -0.481 e. The summed E-state index contributed by atoms with van der Waals surface area (Å²) < 4.78 is 5.52. The minimum absolute atomic E-state index is 0.226. The first-order valence-corrected chi connectivity index (χ1v) is 6.83. The number of piperidine rings is 1. The molecule has 1 saturated heterocycles. The molecule has 1 heterocycles. The van der Waals surface area contributed by atoms with E-state index in [1.165, 1.54) is 0 Å². The van der Waals surface area contributed by atoms with Gasteiger partial charge in [0.25, 0.3) is 5.91 Å². The molecular weight excluding hydrogens is 272 g/mol. The van der Waals surface area contributed by atoms with E-state index in [1.807, 2.05) is 19.1 Å². The molecule has 6 nitrogen and oxygen atoms in total. The molecule has 0 spiro atoms. The zero-order chi connectivity index (χ0) is 15.4. The van der Waals surface area contributed by atoms with E-state index in [4.69, 9.17) is 4.74 Å². The van der Waals surface area contributed by atoms with Crippen LogP contribution in [-0.4, -0.2) is 29.9 Å². The van der Waals surface area contributed by atoms with Gasteiger partial charge in [-0.25, -0.2) is 0 Å². The second-order valence-corrected chi connectivity index (χ2v) is 5.09. The molecular formula is C15H18N2O4. The molecule has 1 aromatic carbocycles. The largest absolute Gasteiger partial charge is 0.481 e. The highest BCUT2D eigenvalue weighted by Crippen LogP contribution is 2.13. The molecule has 2 unspecified atom stereocenters. The second kappa shape index (κ2) is 6.39. The number of benzene rings is 1. The highest BCUT2D eigenvalue weighted by Gasteiger charge is 2.29. The van der Waals surface area contributed by atoms with Crippen molar-refractivity contribution in [2.45, 2.75) is 38.8 Å². The van der Waals surface area contributed by atoms with Crippen molar-refractivity contribution < 1.29 is 19.1 Å². The average Bonchev–Trinajstić information content (AvgIpc) is 2.44. The number of imide groups is 1. The first-order valence-electron chi connectivity index (χ1n) is 6.83. The van der Waals surface area contributed by atoms with Gasteiger partial charge >= 0.3 is 0 Å². The van der Waals surface area contributed by atoms with Crippen LogP contribution in [0.25, 0.3) is 0 Å². The lowest BCUT2D eigenvalue weighted by Crippen LogP contribution is -2.54. The van der Waals surface area contributed by atoms with E-state index in [-0.39, 0.29) is 18.2 Å². The van der Waals surface area contributed by atoms with Gasteiger partial charge < -0.3 is 10.1 Å². The van der Waals surface area contributed by atoms with Crippen LogP contribution in [0.1, 0.15) is 25.3 Å². The van der Waals surface area contributed by atoms with E-state index < -0.39 is 18.1 Å². The summed E-state index contributed by atoms with van der Waals surface area (Å²) in [5.41, 5.74) is 1.10. The number of carbonyl (C=O) groups excluding carboxylic acids is 3. The van der Waals surface area contributed by atoms with Crippen LogP contribution in [0.2, 0.25) is 0 Å². The maximum atomic E-state index is 12.0. The molecule has 3 amide bonds. The summed E-state index contributed by atoms with van der Waals surface area (Å²) >= 11 is 0. The Balaban J connectivity index is 1.89. The Labute approximate surface area is 122 Å². The van der Waals surface area contributed by atoms with Gasteiger partial charge in [0.15, 0.2) is 6.10 Å². The molecule has 1 fully saturated rings. The SMILES string of the molecule is Cc1ccc(OC(C)C(=O)NC2CCC(=O)NC2=O)cc1. The van der Waals surface area contributed by atoms with Crippen molar-refractivity contribution >= 4 is 17.7 Å². The fraction of sp³-hybridized carbons (Fsp3) is 0.400. The molecule has 2 rings (SSSR count). The maximum absolute atomic E-state index is 12.0. The van der Waals surface area contributed by atoms with E-state index >= 15 is 0 Å². The van der Waals surface area contributed by atoms with Gasteiger partial charge in [0, 0.05) is 6.42 Å². The van der Waals surface area contributed by atoms with E-state index in [9.17, 15) is 14.4 Å². The lowest BCUT2D eigenvalue weighted by atomic mass is 10.1. The zero-order valence-electron chi connectivity index (χ0n) is 12.0. The van der Waals surface area contributed by atoms with Crippen molar-refractivity contribution in [3.63, 3.8) is 0 Å². The van der Waals surface area contributed by atoms with E-state index in [1.54, 1.807) is 19.1 Å². The number of hydrogen-bond donors (Lipinski definition) is 2. The van der Waals surface area contributed by atoms with Crippen molar-refractivity contribution in [2.24, 2.45) is 0 Å². The number of hydrogen-bond acceptors (Lipinski definition) is 4. The Morgan fingerprint density at radius 2 is 2.00 bits per heavy atom. The first-order chi connectivity index (χ1) is 9.95. The van der Waals surface area contributed by atoms with E-state index in [0.717, 1.165) is 5.56 Å². The van der Waals surface area contributed by atoms with Crippen LogP contribution in [-0.2, 0) is 14.4 Å². The average molecular weight is 290 g/mol. The summed E-state index contributed by atoms with van der Waals surface area (Å²) in [6.07, 6.45) is -0.185. The van der Waals surface area contributed by atoms with Gasteiger partial charge in [-0.15, -0.1) is 0 Å². The first kappa shape index (κ1) is 15.0. The zero-order valence-corrected chi connectivity index (χ0v) is 12.0. The monoisotopic (exact) mass is 290 g/mol. The summed E-state index contributed by atoms with van der Waals surface area (Å²) in [6, 6.07) is 6.66. The number of nitrogens with one attached hydrogen (secondary N) is 2. The van der Waals surface area contributed by atoms with Crippen LogP contribution >= 0.6 is 0 Å². The van der Waals surface area contributed by atoms with Crippen molar-refractivity contribution in [1.82, 2.24) is 10.6 Å². The Bertz CT molecular complexity index is 553. The Morgan fingerprint density at radius 3 is 2.62 bits per heavy atom. The fourth-order valence-corrected chi connectivity index (χ4v) is 1.99. The highest BCUT2D eigenvalue weighted by molar-refractivity contribution is 6.01. The molecule has 1 aromatic rings. The van der Waals surface area contributed by atoms with Crippen molar-refractivity contribution in [3.05, 3.63) is 29.8 Å². The van der Waals surface area contributed by atoms with Crippen LogP contribution in [0.5, 0.6) is 5.75 Å². The van der Waals surface area contributed by atoms with Gasteiger partial charge in [-0.1, -0.05) is 17.7 Å². The molecule has 0 radical (unpaired) electrons. The number of ether oxygens (including phenoxy) is 1. The molecule has 2 N–H and O–H groups in total. The Morgan fingerprint density at radius 1 is 1.33 bits per heavy atom. The summed E-state index contributed by atoms with van der Waals surface area (Å²) in [5, 5.41) is 4.79. The van der Waals surface area contributed by atoms with Crippen LogP contribution in [0.3, 0.4) is 0 Å². The molecule has 21 heavy (non-hydrogen) atoms. The molecule has 0 aliphatic carbocycles. The summed E-state index contributed by atoms with van der Waals surface area (Å²) in [5.74, 6) is -0.576. The second-order valence-electron chi connectivity index (χ2n) is 5.09. The van der Waals surface area contributed by atoms with Gasteiger partial charge in [0.2, 0.25) is 11.8 Å². The van der Waals surface area contributed by atoms with Gasteiger partial charge in [-0.05, 0) is 32.4 Å². The molecule has 112 valence electrons. The van der Waals surface area contributed by atoms with Gasteiger partial charge in [0.05, 0.1) is 0 Å². The molecule has 0 saturated carbocycles. The number of amides is 3. The van der Waals surface area contributed by atoms with E-state index in [0.29, 0.717) is 12.2 Å². The Kier molecular flexibility index (Phi) is 4.57. The topological polar surface area (TPSA) is 84.5 Å². The molecule has 2 atom stereocenters. The number of rotatable bonds is 4. The minimum atomic E-state index is -0.724. The molecule has 0 bridgehead atoms. The smallest absolute Gasteiger partial charge is 0.261 e. The van der Waals surface area contributed by atoms with Gasteiger partial charge in [0.1, 0.15) is 11.8 Å². The lowest BCUT2D eigenvalue weighted by molar-refractivity contribution is -0.138. The molecule has 1 aliphatic rings. The van der Waals surface area contributed by atoms with Gasteiger partial charge in [-0.3, -0.25) is 19.7 Å². The van der Waals surface area contributed by atoms with Crippen molar-refractivity contribution in [3.8, 4) is 5.75 Å². The predicted molar refractivity (Wildman–Crippen MR) is 75.6 cm³/mol. The quantitative estimate of drug-likeness (QED) is 0.799. The lowest BCUT2D eigenvalue weighted by Gasteiger charge is -2.23. The predicted octanol–water partition coefficient (Wildman–Crippen LogP) is 0.684. The van der Waals surface area contributed by atoms with Crippen LogP contribution in [0, 0.1) is 6.92 Å². The number of aryl methyl sites for hydroxylation is 1. The summed E-state index contributed by atoms with van der Waals surface area (Å²) in [7, 11) is 0. The molecule has 1 aliphatic heterocycles. The normalized spacial score (nSPS) is 19.6. The highest BCUT2D eigenvalue weighted by atomic mass is 16.5. The maximum Gasteiger partial charge on any atom is 0.261 e. The third kappa shape index (κ3) is 4.05. The van der Waals surface area contributed by atoms with Crippen LogP contribution < -0.4 is 15.4 Å². The fourth-order valence-electron chi connectivity index (χ4n) is 1.99. The molecule has 6 heteroatoms. The van der Waals surface area contributed by atoms with Gasteiger partial charge in [-0.2, -0.15) is 0 Å². The van der Waals surface area contributed by atoms with Crippen molar-refractivity contribution in [1.29, 1.82) is 0 Å². The Hall–Kier alpha value is -2.37. The van der Waals surface area contributed by atoms with Crippen LogP contribution in [0.15, 0.2) is 24.3 Å². The summed E-state index contributed by atoms with van der Waals surface area (Å²) in [6.45, 7) is 3.57. The van der Waals surface area contributed by atoms with Crippen molar-refractivity contribution in [2.75, 3.05) is 0 Å². The summed E-state index contributed by atoms with van der Waals surface area (Å²) in [4.78, 5) is 34.6. The standard InChI is InChI=1S/C15H18N2O4/c1-9-3-5-11(6-4-9)21-10(2)14(19)16-12-7-8-13(18)17-15(12)20/h3-6,10,12H,7-8H2,1-2H3,(H,16,19)(H,17,18,20). The third-order valence-corrected chi connectivity index (χ3v) is 3.26. The van der Waals surface area contributed by atoms with Crippen LogP contribution in [0.4, 0.5) is 0 Å². The van der Waals surface area contributed by atoms with E-state index in [2.05, 4.69) is 10.6 Å². The number of carbonyl (C=O) groups is 3. The molecule has 0 aromatic heterocycles.